The van der Waals surface area contributed by atoms with Crippen LogP contribution in [0.25, 0.3) is 11.2 Å². The van der Waals surface area contributed by atoms with Gasteiger partial charge in [-0.05, 0) is 6.07 Å². The van der Waals surface area contributed by atoms with E-state index in [-0.39, 0.29) is 6.61 Å². The van der Waals surface area contributed by atoms with E-state index in [2.05, 4.69) is 15.2 Å². The SMILES string of the molecule is Cn1c(CCO)nc2ccnnc21. The van der Waals surface area contributed by atoms with E-state index >= 15 is 0 Å². The Morgan fingerprint density at radius 3 is 3.08 bits per heavy atom. The Morgan fingerprint density at radius 2 is 2.38 bits per heavy atom. The van der Waals surface area contributed by atoms with Gasteiger partial charge in [0.1, 0.15) is 11.3 Å². The molecule has 2 aromatic rings. The molecule has 0 radical (unpaired) electrons. The molecule has 1 N–H and O–H groups in total. The van der Waals surface area contributed by atoms with Gasteiger partial charge in [0, 0.05) is 13.5 Å². The van der Waals surface area contributed by atoms with E-state index in [1.165, 1.54) is 0 Å². The molecule has 0 aliphatic heterocycles. The lowest BCUT2D eigenvalue weighted by atomic mass is 10.4. The Hall–Kier alpha value is -1.49. The zero-order valence-electron chi connectivity index (χ0n) is 7.30. The molecule has 0 aromatic carbocycles. The molecule has 0 fully saturated rings. The third kappa shape index (κ3) is 1.27. The monoisotopic (exact) mass is 178 g/mol. The van der Waals surface area contributed by atoms with E-state index in [0.717, 1.165) is 17.0 Å². The van der Waals surface area contributed by atoms with Gasteiger partial charge in [0.15, 0.2) is 5.65 Å². The number of fused-ring (bicyclic) bond motifs is 1. The van der Waals surface area contributed by atoms with Crippen LogP contribution in [-0.4, -0.2) is 31.5 Å². The maximum absolute atomic E-state index is 8.78. The fourth-order valence-corrected chi connectivity index (χ4v) is 1.30. The fraction of sp³-hybridized carbons (Fsp3) is 0.375. The molecule has 13 heavy (non-hydrogen) atoms. The van der Waals surface area contributed by atoms with Gasteiger partial charge < -0.3 is 9.67 Å². The number of rotatable bonds is 2. The normalized spacial score (nSPS) is 10.9. The lowest BCUT2D eigenvalue weighted by Crippen LogP contribution is -2.01. The van der Waals surface area contributed by atoms with Gasteiger partial charge in [0.05, 0.1) is 12.8 Å². The number of aliphatic hydroxyl groups is 1. The van der Waals surface area contributed by atoms with Crippen molar-refractivity contribution < 1.29 is 5.11 Å². The predicted molar refractivity (Wildman–Crippen MR) is 47.1 cm³/mol. The molecule has 0 saturated heterocycles. The second-order valence-corrected chi connectivity index (χ2v) is 2.80. The van der Waals surface area contributed by atoms with Gasteiger partial charge in [0.2, 0.25) is 0 Å². The van der Waals surface area contributed by atoms with E-state index in [4.69, 9.17) is 5.11 Å². The smallest absolute Gasteiger partial charge is 0.182 e. The highest BCUT2D eigenvalue weighted by atomic mass is 16.3. The van der Waals surface area contributed by atoms with Gasteiger partial charge in [0.25, 0.3) is 0 Å². The molecule has 0 aliphatic carbocycles. The second-order valence-electron chi connectivity index (χ2n) is 2.80. The molecule has 0 spiro atoms. The highest BCUT2D eigenvalue weighted by Crippen LogP contribution is 2.10. The van der Waals surface area contributed by atoms with Crippen molar-refractivity contribution in [3.63, 3.8) is 0 Å². The molecule has 5 heteroatoms. The van der Waals surface area contributed by atoms with E-state index < -0.39 is 0 Å². The minimum absolute atomic E-state index is 0.102. The predicted octanol–water partition coefficient (Wildman–Crippen LogP) is -0.102. The van der Waals surface area contributed by atoms with Crippen LogP contribution in [0, 0.1) is 0 Å². The molecule has 0 atom stereocenters. The Balaban J connectivity index is 2.60. The summed E-state index contributed by atoms with van der Waals surface area (Å²) in [6.07, 6.45) is 2.16. The molecule has 68 valence electrons. The maximum atomic E-state index is 8.78. The minimum Gasteiger partial charge on any atom is -0.396 e. The molecular weight excluding hydrogens is 168 g/mol. The van der Waals surface area contributed by atoms with Gasteiger partial charge in [-0.1, -0.05) is 0 Å². The van der Waals surface area contributed by atoms with Crippen molar-refractivity contribution in [1.82, 2.24) is 19.7 Å². The Labute approximate surface area is 75.0 Å². The van der Waals surface area contributed by atoms with Crippen molar-refractivity contribution in [3.05, 3.63) is 18.1 Å². The molecule has 2 rings (SSSR count). The highest BCUT2D eigenvalue weighted by Gasteiger charge is 2.07. The van der Waals surface area contributed by atoms with Crippen molar-refractivity contribution in [2.45, 2.75) is 6.42 Å². The molecule has 5 nitrogen and oxygen atoms in total. The van der Waals surface area contributed by atoms with E-state index in [0.29, 0.717) is 6.42 Å². The van der Waals surface area contributed by atoms with Crippen molar-refractivity contribution in [1.29, 1.82) is 0 Å². The Bertz CT molecular complexity index is 423. The summed E-state index contributed by atoms with van der Waals surface area (Å²) in [5, 5.41) is 16.5. The molecule has 0 saturated carbocycles. The summed E-state index contributed by atoms with van der Waals surface area (Å²) in [5.41, 5.74) is 1.58. The van der Waals surface area contributed by atoms with Crippen LogP contribution in [0.2, 0.25) is 0 Å². The lowest BCUT2D eigenvalue weighted by Gasteiger charge is -1.97. The molecule has 2 heterocycles. The number of imidazole rings is 1. The standard InChI is InChI=1S/C8H10N4O/c1-12-7(3-5-13)10-6-2-4-9-11-8(6)12/h2,4,13H,3,5H2,1H3. The van der Waals surface area contributed by atoms with Crippen molar-refractivity contribution in [2.24, 2.45) is 7.05 Å². The molecule has 0 aliphatic rings. The summed E-state index contributed by atoms with van der Waals surface area (Å²) in [7, 11) is 1.87. The molecular formula is C8H10N4O. The largest absolute Gasteiger partial charge is 0.396 e. The first kappa shape index (κ1) is 8.12. The lowest BCUT2D eigenvalue weighted by molar-refractivity contribution is 0.295. The van der Waals surface area contributed by atoms with Gasteiger partial charge in [-0.2, -0.15) is 5.10 Å². The molecule has 0 amide bonds. The number of aliphatic hydroxyl groups excluding tert-OH is 1. The zero-order valence-corrected chi connectivity index (χ0v) is 7.30. The van der Waals surface area contributed by atoms with Gasteiger partial charge in [-0.25, -0.2) is 4.98 Å². The Morgan fingerprint density at radius 1 is 1.54 bits per heavy atom. The van der Waals surface area contributed by atoms with Gasteiger partial charge >= 0.3 is 0 Å². The average Bonchev–Trinajstić information content (AvgIpc) is 2.46. The first-order valence-corrected chi connectivity index (χ1v) is 4.07. The van der Waals surface area contributed by atoms with Crippen molar-refractivity contribution in [3.8, 4) is 0 Å². The van der Waals surface area contributed by atoms with E-state index in [9.17, 15) is 0 Å². The third-order valence-corrected chi connectivity index (χ3v) is 1.97. The van der Waals surface area contributed by atoms with Crippen molar-refractivity contribution >= 4 is 11.2 Å². The second kappa shape index (κ2) is 3.10. The van der Waals surface area contributed by atoms with E-state index in [1.807, 2.05) is 17.7 Å². The first-order chi connectivity index (χ1) is 6.33. The summed E-state index contributed by atoms with van der Waals surface area (Å²) < 4.78 is 1.85. The fourth-order valence-electron chi connectivity index (χ4n) is 1.30. The maximum Gasteiger partial charge on any atom is 0.182 e. The van der Waals surface area contributed by atoms with Gasteiger partial charge in [-0.3, -0.25) is 0 Å². The average molecular weight is 178 g/mol. The summed E-state index contributed by atoms with van der Waals surface area (Å²) in [5.74, 6) is 0.831. The summed E-state index contributed by atoms with van der Waals surface area (Å²) in [6, 6.07) is 1.81. The molecule has 2 aromatic heterocycles. The third-order valence-electron chi connectivity index (χ3n) is 1.97. The number of hydrogen-bond acceptors (Lipinski definition) is 4. The summed E-state index contributed by atoms with van der Waals surface area (Å²) in [4.78, 5) is 4.30. The van der Waals surface area contributed by atoms with Crippen LogP contribution < -0.4 is 0 Å². The quantitative estimate of drug-likeness (QED) is 0.697. The van der Waals surface area contributed by atoms with Gasteiger partial charge in [-0.15, -0.1) is 5.10 Å². The van der Waals surface area contributed by atoms with Crippen LogP contribution in [-0.2, 0) is 13.5 Å². The number of hydrogen-bond donors (Lipinski definition) is 1. The number of nitrogens with zero attached hydrogens (tertiary/aromatic N) is 4. The highest BCUT2D eigenvalue weighted by molar-refractivity contribution is 5.70. The Kier molecular flexibility index (Phi) is 1.94. The van der Waals surface area contributed by atoms with Crippen LogP contribution in [0.4, 0.5) is 0 Å². The van der Waals surface area contributed by atoms with E-state index in [1.54, 1.807) is 6.20 Å². The van der Waals surface area contributed by atoms with Crippen LogP contribution in [0.1, 0.15) is 5.82 Å². The van der Waals surface area contributed by atoms with Crippen LogP contribution >= 0.6 is 0 Å². The number of aromatic nitrogens is 4. The first-order valence-electron chi connectivity index (χ1n) is 4.07. The van der Waals surface area contributed by atoms with Crippen LogP contribution in [0.3, 0.4) is 0 Å². The summed E-state index contributed by atoms with van der Waals surface area (Å²) >= 11 is 0. The van der Waals surface area contributed by atoms with Crippen LogP contribution in [0.15, 0.2) is 12.3 Å². The number of aryl methyl sites for hydroxylation is 1. The molecule has 0 bridgehead atoms. The minimum atomic E-state index is 0.102. The van der Waals surface area contributed by atoms with Crippen molar-refractivity contribution in [2.75, 3.05) is 6.61 Å². The molecule has 0 unspecified atom stereocenters. The summed E-state index contributed by atoms with van der Waals surface area (Å²) in [6.45, 7) is 0.102. The van der Waals surface area contributed by atoms with Crippen LogP contribution in [0.5, 0.6) is 0 Å². The topological polar surface area (TPSA) is 63.8 Å². The zero-order chi connectivity index (χ0) is 9.26.